The molecule has 3 aromatic rings. The summed E-state index contributed by atoms with van der Waals surface area (Å²) in [6.07, 6.45) is 2.98. The Morgan fingerprint density at radius 3 is 2.32 bits per heavy atom. The Morgan fingerprint density at radius 2 is 1.68 bits per heavy atom. The molecule has 3 rings (SSSR count). The van der Waals surface area contributed by atoms with Gasteiger partial charge in [0.05, 0.1) is 11.9 Å². The Morgan fingerprint density at radius 1 is 1.00 bits per heavy atom. The largest absolute Gasteiger partial charge is 0.457 e. The fourth-order valence-corrected chi connectivity index (χ4v) is 2.29. The Bertz CT molecular complexity index is 1010. The highest BCUT2D eigenvalue weighted by Crippen LogP contribution is 2.22. The average Bonchev–Trinajstić information content (AvgIpc) is 2.72. The normalized spacial score (nSPS) is 10.6. The van der Waals surface area contributed by atoms with Crippen molar-refractivity contribution in [1.29, 1.82) is 5.26 Å². The number of benzene rings is 2. The van der Waals surface area contributed by atoms with E-state index in [9.17, 15) is 10.1 Å². The molecule has 0 aliphatic heterocycles. The van der Waals surface area contributed by atoms with Gasteiger partial charge in [0.1, 0.15) is 23.1 Å². The molecular formula is C22H18N4O2. The van der Waals surface area contributed by atoms with Gasteiger partial charge in [0, 0.05) is 17.6 Å². The van der Waals surface area contributed by atoms with Crippen LogP contribution in [0.15, 0.2) is 84.7 Å². The highest BCUT2D eigenvalue weighted by atomic mass is 16.5. The highest BCUT2D eigenvalue weighted by molar-refractivity contribution is 6.06. The van der Waals surface area contributed by atoms with Crippen LogP contribution in [0.2, 0.25) is 0 Å². The molecule has 1 heterocycles. The van der Waals surface area contributed by atoms with E-state index in [1.807, 2.05) is 55.5 Å². The number of para-hydroxylation sites is 1. The number of hydrogen-bond acceptors (Lipinski definition) is 5. The first-order valence-electron chi connectivity index (χ1n) is 8.58. The van der Waals surface area contributed by atoms with Gasteiger partial charge in [-0.2, -0.15) is 5.26 Å². The lowest BCUT2D eigenvalue weighted by Gasteiger charge is -2.08. The molecule has 138 valence electrons. The predicted octanol–water partition coefficient (Wildman–Crippen LogP) is 4.64. The second kappa shape index (κ2) is 9.01. The van der Waals surface area contributed by atoms with Crippen LogP contribution >= 0.6 is 0 Å². The molecule has 0 fully saturated rings. The van der Waals surface area contributed by atoms with Gasteiger partial charge in [0.25, 0.3) is 5.91 Å². The van der Waals surface area contributed by atoms with Crippen molar-refractivity contribution in [2.24, 2.45) is 0 Å². The Labute approximate surface area is 163 Å². The van der Waals surface area contributed by atoms with Crippen molar-refractivity contribution in [1.82, 2.24) is 4.98 Å². The third-order valence-corrected chi connectivity index (χ3v) is 3.75. The van der Waals surface area contributed by atoms with Crippen molar-refractivity contribution < 1.29 is 9.53 Å². The maximum absolute atomic E-state index is 12.3. The molecule has 2 N–H and O–H groups in total. The van der Waals surface area contributed by atoms with Gasteiger partial charge in [-0.15, -0.1) is 0 Å². The van der Waals surface area contributed by atoms with Crippen LogP contribution in [0.25, 0.3) is 0 Å². The molecule has 0 atom stereocenters. The Kier molecular flexibility index (Phi) is 6.01. The number of ether oxygens (including phenoxy) is 1. The number of aromatic nitrogens is 1. The average molecular weight is 370 g/mol. The molecule has 1 aromatic heterocycles. The molecule has 1 amide bonds. The number of hydrogen-bond donors (Lipinski definition) is 2. The molecule has 0 aliphatic carbocycles. The van der Waals surface area contributed by atoms with Gasteiger partial charge in [-0.1, -0.05) is 18.2 Å². The molecule has 6 heteroatoms. The maximum atomic E-state index is 12.3. The smallest absolute Gasteiger partial charge is 0.267 e. The van der Waals surface area contributed by atoms with Gasteiger partial charge < -0.3 is 15.4 Å². The van der Waals surface area contributed by atoms with Crippen LogP contribution in [0.1, 0.15) is 5.69 Å². The summed E-state index contributed by atoms with van der Waals surface area (Å²) in [5, 5.41) is 14.8. The number of aryl methyl sites for hydroxylation is 1. The van der Waals surface area contributed by atoms with E-state index in [2.05, 4.69) is 15.6 Å². The number of amides is 1. The summed E-state index contributed by atoms with van der Waals surface area (Å²) in [7, 11) is 0. The maximum Gasteiger partial charge on any atom is 0.267 e. The lowest BCUT2D eigenvalue weighted by atomic mass is 10.2. The van der Waals surface area contributed by atoms with Crippen LogP contribution in [0.3, 0.4) is 0 Å². The van der Waals surface area contributed by atoms with Gasteiger partial charge in [0.15, 0.2) is 0 Å². The number of carbonyl (C=O) groups is 1. The standard InChI is InChI=1S/C22H18N4O2/c1-16-7-8-19(15-24-16)25-14-17(13-23)22(27)26-18-9-11-21(12-10-18)28-20-5-3-2-4-6-20/h2-12,14-15,25H,1H3,(H,26,27)/b17-14-. The van der Waals surface area contributed by atoms with Crippen LogP contribution < -0.4 is 15.4 Å². The number of carbonyl (C=O) groups excluding carboxylic acids is 1. The molecule has 0 saturated heterocycles. The number of nitrogens with zero attached hydrogens (tertiary/aromatic N) is 2. The lowest BCUT2D eigenvalue weighted by Crippen LogP contribution is -2.14. The zero-order valence-electron chi connectivity index (χ0n) is 15.2. The van der Waals surface area contributed by atoms with Crippen LogP contribution in [0, 0.1) is 18.3 Å². The van der Waals surface area contributed by atoms with E-state index in [4.69, 9.17) is 4.74 Å². The molecule has 0 unspecified atom stereocenters. The summed E-state index contributed by atoms with van der Waals surface area (Å²) in [5.74, 6) is 0.867. The molecule has 28 heavy (non-hydrogen) atoms. The molecule has 6 nitrogen and oxygen atoms in total. The zero-order chi connectivity index (χ0) is 19.8. The van der Waals surface area contributed by atoms with Gasteiger partial charge in [-0.3, -0.25) is 9.78 Å². The molecule has 0 radical (unpaired) electrons. The molecule has 0 bridgehead atoms. The van der Waals surface area contributed by atoms with Crippen molar-refractivity contribution in [3.8, 4) is 17.6 Å². The lowest BCUT2D eigenvalue weighted by molar-refractivity contribution is -0.112. The summed E-state index contributed by atoms with van der Waals surface area (Å²) in [6, 6.07) is 21.9. The van der Waals surface area contributed by atoms with Crippen LogP contribution in [0.5, 0.6) is 11.5 Å². The number of anilines is 2. The first-order chi connectivity index (χ1) is 13.6. The predicted molar refractivity (Wildman–Crippen MR) is 108 cm³/mol. The van der Waals surface area contributed by atoms with Gasteiger partial charge in [0.2, 0.25) is 0 Å². The molecule has 0 spiro atoms. The molecular weight excluding hydrogens is 352 g/mol. The summed E-state index contributed by atoms with van der Waals surface area (Å²) in [6.45, 7) is 1.88. The quantitative estimate of drug-likeness (QED) is 0.487. The molecule has 2 aromatic carbocycles. The Balaban J connectivity index is 1.61. The second-order valence-electron chi connectivity index (χ2n) is 5.90. The van der Waals surface area contributed by atoms with E-state index in [-0.39, 0.29) is 5.57 Å². The van der Waals surface area contributed by atoms with E-state index >= 15 is 0 Å². The first-order valence-corrected chi connectivity index (χ1v) is 8.58. The third-order valence-electron chi connectivity index (χ3n) is 3.75. The van der Waals surface area contributed by atoms with Crippen LogP contribution in [-0.4, -0.2) is 10.9 Å². The van der Waals surface area contributed by atoms with Crippen molar-refractivity contribution >= 4 is 17.3 Å². The van der Waals surface area contributed by atoms with E-state index in [0.29, 0.717) is 17.1 Å². The minimum absolute atomic E-state index is 0.0508. The fraction of sp³-hybridized carbons (Fsp3) is 0.0455. The Hall–Kier alpha value is -4.11. The minimum Gasteiger partial charge on any atom is -0.457 e. The van der Waals surface area contributed by atoms with Crippen molar-refractivity contribution in [2.75, 3.05) is 10.6 Å². The van der Waals surface area contributed by atoms with E-state index < -0.39 is 5.91 Å². The van der Waals surface area contributed by atoms with Crippen molar-refractivity contribution in [3.63, 3.8) is 0 Å². The van der Waals surface area contributed by atoms with E-state index in [1.165, 1.54) is 6.20 Å². The first kappa shape index (κ1) is 18.7. The summed E-state index contributed by atoms with van der Waals surface area (Å²) in [5.41, 5.74) is 2.08. The monoisotopic (exact) mass is 370 g/mol. The van der Waals surface area contributed by atoms with E-state index in [1.54, 1.807) is 30.5 Å². The fourth-order valence-electron chi connectivity index (χ4n) is 2.29. The van der Waals surface area contributed by atoms with Gasteiger partial charge in [-0.25, -0.2) is 0 Å². The minimum atomic E-state index is -0.508. The number of nitriles is 1. The highest BCUT2D eigenvalue weighted by Gasteiger charge is 2.09. The number of rotatable bonds is 6. The van der Waals surface area contributed by atoms with Crippen LogP contribution in [0.4, 0.5) is 11.4 Å². The molecule has 0 saturated carbocycles. The number of pyridine rings is 1. The SMILES string of the molecule is Cc1ccc(N/C=C(/C#N)C(=O)Nc2ccc(Oc3ccccc3)cc2)cn1. The van der Waals surface area contributed by atoms with Crippen molar-refractivity contribution in [3.05, 3.63) is 90.4 Å². The van der Waals surface area contributed by atoms with Crippen LogP contribution in [-0.2, 0) is 4.79 Å². The summed E-state index contributed by atoms with van der Waals surface area (Å²) < 4.78 is 5.71. The zero-order valence-corrected chi connectivity index (χ0v) is 15.2. The molecule has 0 aliphatic rings. The van der Waals surface area contributed by atoms with Crippen molar-refractivity contribution in [2.45, 2.75) is 6.92 Å². The van der Waals surface area contributed by atoms with Gasteiger partial charge in [-0.05, 0) is 55.5 Å². The second-order valence-corrected chi connectivity index (χ2v) is 5.90. The topological polar surface area (TPSA) is 87.0 Å². The van der Waals surface area contributed by atoms with Gasteiger partial charge >= 0.3 is 0 Å². The number of nitrogens with one attached hydrogen (secondary N) is 2. The summed E-state index contributed by atoms with van der Waals surface area (Å²) >= 11 is 0. The van der Waals surface area contributed by atoms with E-state index in [0.717, 1.165) is 11.4 Å². The summed E-state index contributed by atoms with van der Waals surface area (Å²) in [4.78, 5) is 16.5. The third kappa shape index (κ3) is 5.19.